The fourth-order valence-corrected chi connectivity index (χ4v) is 4.03. The number of hydrogen-bond donors (Lipinski definition) is 0. The van der Waals surface area contributed by atoms with E-state index in [1.54, 1.807) is 17.0 Å². The molecule has 7 heteroatoms. The Hall–Kier alpha value is -1.99. The van der Waals surface area contributed by atoms with E-state index in [2.05, 4.69) is 41.4 Å². The van der Waals surface area contributed by atoms with Crippen molar-refractivity contribution in [2.75, 3.05) is 19.7 Å². The van der Waals surface area contributed by atoms with Gasteiger partial charge < -0.3 is 9.30 Å². The lowest BCUT2D eigenvalue weighted by atomic mass is 9.92. The van der Waals surface area contributed by atoms with Crippen LogP contribution < -0.4 is 5.56 Å². The van der Waals surface area contributed by atoms with Gasteiger partial charge in [0.1, 0.15) is 12.4 Å². The lowest BCUT2D eigenvalue weighted by Crippen LogP contribution is -2.36. The van der Waals surface area contributed by atoms with Gasteiger partial charge in [-0.3, -0.25) is 14.3 Å². The monoisotopic (exact) mass is 385 g/mol. The van der Waals surface area contributed by atoms with Crippen LogP contribution in [0.2, 0.25) is 0 Å². The Morgan fingerprint density at radius 3 is 2.68 bits per heavy atom. The van der Waals surface area contributed by atoms with Crippen molar-refractivity contribution in [3.63, 3.8) is 0 Å². The number of hydrogen-bond acceptors (Lipinski definition) is 5. The molecule has 2 aliphatic rings. The summed E-state index contributed by atoms with van der Waals surface area (Å²) in [6.07, 6.45) is 6.10. The van der Waals surface area contributed by atoms with Gasteiger partial charge in [-0.05, 0) is 31.8 Å². The number of imidazole rings is 1. The zero-order chi connectivity index (χ0) is 19.7. The molecule has 4 rings (SSSR count). The summed E-state index contributed by atoms with van der Waals surface area (Å²) in [5, 5.41) is 0. The largest absolute Gasteiger partial charge is 0.372 e. The van der Waals surface area contributed by atoms with E-state index in [9.17, 15) is 4.79 Å². The van der Waals surface area contributed by atoms with Gasteiger partial charge in [0.05, 0.1) is 24.3 Å². The molecule has 2 aromatic rings. The van der Waals surface area contributed by atoms with Gasteiger partial charge in [-0.15, -0.1) is 0 Å². The van der Waals surface area contributed by atoms with E-state index >= 15 is 0 Å². The van der Waals surface area contributed by atoms with E-state index in [1.165, 1.54) is 0 Å². The molecule has 0 saturated carbocycles. The highest BCUT2D eigenvalue weighted by Crippen LogP contribution is 2.21. The van der Waals surface area contributed by atoms with Crippen LogP contribution in [0.4, 0.5) is 0 Å². The maximum Gasteiger partial charge on any atom is 0.253 e. The molecular weight excluding hydrogens is 354 g/mol. The molecule has 28 heavy (non-hydrogen) atoms. The van der Waals surface area contributed by atoms with Crippen LogP contribution in [0.15, 0.2) is 23.4 Å². The van der Waals surface area contributed by atoms with Crippen LogP contribution in [0.25, 0.3) is 0 Å². The molecule has 152 valence electrons. The molecule has 2 aliphatic heterocycles. The second-order valence-electron chi connectivity index (χ2n) is 9.13. The number of rotatable bonds is 4. The molecule has 0 amide bonds. The summed E-state index contributed by atoms with van der Waals surface area (Å²) in [4.78, 5) is 24.1. The average Bonchev–Trinajstić information content (AvgIpc) is 3.06. The van der Waals surface area contributed by atoms with E-state index in [1.807, 2.05) is 0 Å². The Labute approximate surface area is 166 Å². The van der Waals surface area contributed by atoms with Gasteiger partial charge in [-0.2, -0.15) is 0 Å². The third kappa shape index (κ3) is 4.36. The van der Waals surface area contributed by atoms with Crippen molar-refractivity contribution in [2.24, 2.45) is 5.92 Å². The van der Waals surface area contributed by atoms with Crippen LogP contribution in [0.3, 0.4) is 0 Å². The zero-order valence-corrected chi connectivity index (χ0v) is 17.2. The second-order valence-corrected chi connectivity index (χ2v) is 9.13. The van der Waals surface area contributed by atoms with Crippen molar-refractivity contribution in [3.8, 4) is 0 Å². The number of likely N-dealkylation sites (tertiary alicyclic amines) is 1. The predicted octanol–water partition coefficient (Wildman–Crippen LogP) is 2.18. The first-order chi connectivity index (χ1) is 13.4. The number of nitrogens with zero attached hydrogens (tertiary/aromatic N) is 5. The number of aromatic nitrogens is 4. The summed E-state index contributed by atoms with van der Waals surface area (Å²) < 4.78 is 9.47. The summed E-state index contributed by atoms with van der Waals surface area (Å²) >= 11 is 0. The van der Waals surface area contributed by atoms with Gasteiger partial charge in [0.25, 0.3) is 5.56 Å². The maximum absolute atomic E-state index is 12.5. The molecule has 1 saturated heterocycles. The standard InChI is InChI=1S/C21H31N5O2/c1-21(2,3)18-10-20(27)26(15-22-18)11-16-4-6-24(7-5-16)12-17-13-25-8-9-28-14-19(25)23-17/h10,13,15-16H,4-9,11-12,14H2,1-3H3. The minimum atomic E-state index is -0.0952. The lowest BCUT2D eigenvalue weighted by molar-refractivity contribution is 0.0816. The highest BCUT2D eigenvalue weighted by Gasteiger charge is 2.22. The molecule has 0 unspecified atom stereocenters. The Morgan fingerprint density at radius 1 is 1.21 bits per heavy atom. The third-order valence-electron chi connectivity index (χ3n) is 5.81. The molecule has 2 aromatic heterocycles. The zero-order valence-electron chi connectivity index (χ0n) is 17.2. The van der Waals surface area contributed by atoms with Gasteiger partial charge in [-0.25, -0.2) is 9.97 Å². The van der Waals surface area contributed by atoms with Gasteiger partial charge in [0.15, 0.2) is 0 Å². The first-order valence-corrected chi connectivity index (χ1v) is 10.3. The second kappa shape index (κ2) is 7.79. The highest BCUT2D eigenvalue weighted by molar-refractivity contribution is 5.10. The minimum absolute atomic E-state index is 0.0631. The Bertz CT molecular complexity index is 848. The normalized spacial score (nSPS) is 19.0. The molecule has 1 fully saturated rings. The van der Waals surface area contributed by atoms with E-state index in [-0.39, 0.29) is 11.0 Å². The van der Waals surface area contributed by atoms with Crippen LogP contribution in [0, 0.1) is 5.92 Å². The van der Waals surface area contributed by atoms with Crippen LogP contribution in [0.5, 0.6) is 0 Å². The van der Waals surface area contributed by atoms with E-state index < -0.39 is 0 Å². The van der Waals surface area contributed by atoms with E-state index in [0.29, 0.717) is 12.5 Å². The molecule has 4 heterocycles. The molecule has 0 atom stereocenters. The van der Waals surface area contributed by atoms with Crippen molar-refractivity contribution in [2.45, 2.75) is 65.3 Å². The SMILES string of the molecule is CC(C)(C)c1cc(=O)n(CC2CCN(Cc3cn4c(n3)COCC4)CC2)cn1. The van der Waals surface area contributed by atoms with Crippen molar-refractivity contribution >= 4 is 0 Å². The molecule has 0 N–H and O–H groups in total. The molecule has 0 radical (unpaired) electrons. The summed E-state index contributed by atoms with van der Waals surface area (Å²) in [6, 6.07) is 1.69. The predicted molar refractivity (Wildman–Crippen MR) is 107 cm³/mol. The quantitative estimate of drug-likeness (QED) is 0.807. The van der Waals surface area contributed by atoms with Crippen molar-refractivity contribution in [3.05, 3.63) is 46.2 Å². The maximum atomic E-state index is 12.5. The fourth-order valence-electron chi connectivity index (χ4n) is 4.03. The lowest BCUT2D eigenvalue weighted by Gasteiger charge is -2.31. The summed E-state index contributed by atoms with van der Waals surface area (Å²) in [5.74, 6) is 1.57. The van der Waals surface area contributed by atoms with Gasteiger partial charge in [0.2, 0.25) is 0 Å². The summed E-state index contributed by atoms with van der Waals surface area (Å²) in [6.45, 7) is 12.3. The minimum Gasteiger partial charge on any atom is -0.372 e. The smallest absolute Gasteiger partial charge is 0.253 e. The molecule has 0 aromatic carbocycles. The van der Waals surface area contributed by atoms with E-state index in [0.717, 1.165) is 69.4 Å². The van der Waals surface area contributed by atoms with Crippen LogP contribution in [-0.2, 0) is 36.4 Å². The van der Waals surface area contributed by atoms with Crippen LogP contribution >= 0.6 is 0 Å². The van der Waals surface area contributed by atoms with Gasteiger partial charge in [0, 0.05) is 37.3 Å². The Balaban J connectivity index is 1.31. The molecular formula is C21H31N5O2. The Kier molecular flexibility index (Phi) is 5.38. The van der Waals surface area contributed by atoms with Gasteiger partial charge in [-0.1, -0.05) is 20.8 Å². The molecule has 0 bridgehead atoms. The Morgan fingerprint density at radius 2 is 2.00 bits per heavy atom. The van der Waals surface area contributed by atoms with Crippen molar-refractivity contribution in [1.29, 1.82) is 0 Å². The highest BCUT2D eigenvalue weighted by atomic mass is 16.5. The van der Waals surface area contributed by atoms with E-state index in [4.69, 9.17) is 9.72 Å². The number of fused-ring (bicyclic) bond motifs is 1. The summed E-state index contributed by atoms with van der Waals surface area (Å²) in [7, 11) is 0. The van der Waals surface area contributed by atoms with Crippen molar-refractivity contribution in [1.82, 2.24) is 24.0 Å². The van der Waals surface area contributed by atoms with Crippen LogP contribution in [-0.4, -0.2) is 43.7 Å². The van der Waals surface area contributed by atoms with Crippen LogP contribution in [0.1, 0.15) is 50.8 Å². The third-order valence-corrected chi connectivity index (χ3v) is 5.81. The summed E-state index contributed by atoms with van der Waals surface area (Å²) in [5.41, 5.74) is 1.96. The number of ether oxygens (including phenoxy) is 1. The molecule has 0 aliphatic carbocycles. The molecule has 7 nitrogen and oxygen atoms in total. The average molecular weight is 386 g/mol. The topological polar surface area (TPSA) is 65.2 Å². The number of piperidine rings is 1. The fraction of sp³-hybridized carbons (Fsp3) is 0.667. The van der Waals surface area contributed by atoms with Gasteiger partial charge >= 0.3 is 0 Å². The first-order valence-electron chi connectivity index (χ1n) is 10.3. The molecule has 0 spiro atoms. The first kappa shape index (κ1) is 19.3. The van der Waals surface area contributed by atoms with Crippen molar-refractivity contribution < 1.29 is 4.74 Å².